The van der Waals surface area contributed by atoms with Crippen molar-refractivity contribution in [2.24, 2.45) is 11.8 Å². The monoisotopic (exact) mass is 1040 g/mol. The number of anilines is 3. The Morgan fingerprint density at radius 1 is 0.941 bits per heavy atom. The number of fused-ring (bicyclic) bond motifs is 2. The number of thioether (sulfide) groups is 1. The number of thiocarbonyl (C=S) groups is 1. The molecule has 3 aliphatic heterocycles. The van der Waals surface area contributed by atoms with Crippen LogP contribution in [0.1, 0.15) is 95.7 Å². The molecule has 1 saturated heterocycles. The van der Waals surface area contributed by atoms with Gasteiger partial charge in [0.2, 0.25) is 0 Å². The predicted molar refractivity (Wildman–Crippen MR) is 291 cm³/mol. The summed E-state index contributed by atoms with van der Waals surface area (Å²) in [5, 5.41) is 10.9. The van der Waals surface area contributed by atoms with Gasteiger partial charge in [-0.1, -0.05) is 124 Å². The quantitative estimate of drug-likeness (QED) is 0.0642. The number of hydrogen-bond donors (Lipinski definition) is 1. The minimum absolute atomic E-state index is 0.0491. The molecule has 0 saturated carbocycles. The Kier molecular flexibility index (Phi) is 16.5. The number of carboxylic acid groups (broad SMARTS) is 1. The van der Waals surface area contributed by atoms with Crippen molar-refractivity contribution >= 4 is 95.7 Å². The molecule has 7 rings (SSSR count). The molecule has 68 heavy (non-hydrogen) atoms. The van der Waals surface area contributed by atoms with Crippen LogP contribution in [0.15, 0.2) is 112 Å². The molecular weight excluding hydrogens is 973 g/mol. The summed E-state index contributed by atoms with van der Waals surface area (Å²) in [6.45, 7) is 18.6. The number of rotatable bonds is 21. The number of ketones is 1. The first kappa shape index (κ1) is 51.2. The van der Waals surface area contributed by atoms with Gasteiger partial charge in [0.15, 0.2) is 5.78 Å². The lowest BCUT2D eigenvalue weighted by molar-refractivity contribution is -0.137. The molecule has 360 valence electrons. The van der Waals surface area contributed by atoms with Crippen molar-refractivity contribution in [3.63, 3.8) is 0 Å². The molecule has 9 nitrogen and oxygen atoms in total. The Hall–Kier alpha value is -4.69. The number of para-hydroxylation sites is 1. The van der Waals surface area contributed by atoms with Crippen molar-refractivity contribution in [1.82, 2.24) is 4.90 Å². The van der Waals surface area contributed by atoms with Gasteiger partial charge in [0.25, 0.3) is 5.91 Å². The molecule has 3 aromatic carbocycles. The van der Waals surface area contributed by atoms with Crippen LogP contribution in [0.5, 0.6) is 5.75 Å². The number of likely N-dealkylation sites (N-methyl/N-ethyl adjacent to an activating group) is 1. The summed E-state index contributed by atoms with van der Waals surface area (Å²) in [4.78, 5) is 49.5. The molecule has 4 heterocycles. The molecule has 2 atom stereocenters. The average molecular weight is 1040 g/mol. The molecule has 1 N–H and O–H groups in total. The minimum atomic E-state index is -0.819. The number of benzene rings is 3. The zero-order valence-electron chi connectivity index (χ0n) is 40.6. The van der Waals surface area contributed by atoms with E-state index in [0.717, 1.165) is 74.8 Å². The van der Waals surface area contributed by atoms with Gasteiger partial charge in [0, 0.05) is 70.2 Å². The number of aliphatic carboxylic acids is 1. The van der Waals surface area contributed by atoms with Crippen LogP contribution in [0.25, 0.3) is 6.08 Å². The van der Waals surface area contributed by atoms with E-state index in [0.29, 0.717) is 40.6 Å². The van der Waals surface area contributed by atoms with Gasteiger partial charge in [-0.05, 0) is 115 Å². The van der Waals surface area contributed by atoms with Crippen molar-refractivity contribution in [2.75, 3.05) is 54.5 Å². The normalized spacial score (nSPS) is 19.9. The van der Waals surface area contributed by atoms with Crippen LogP contribution in [0.4, 0.5) is 16.4 Å². The van der Waals surface area contributed by atoms with E-state index in [1.807, 2.05) is 55.6 Å². The summed E-state index contributed by atoms with van der Waals surface area (Å²) in [7, 11) is 2.04. The molecule has 3 aliphatic rings. The van der Waals surface area contributed by atoms with E-state index in [1.54, 1.807) is 11.3 Å². The number of carboxylic acids is 1. The van der Waals surface area contributed by atoms with Crippen LogP contribution in [0, 0.1) is 11.8 Å². The first-order valence-corrected chi connectivity index (χ1v) is 26.5. The third-order valence-electron chi connectivity index (χ3n) is 13.5. The van der Waals surface area contributed by atoms with Crippen molar-refractivity contribution < 1.29 is 24.2 Å². The number of amides is 1. The maximum atomic E-state index is 13.8. The van der Waals surface area contributed by atoms with Crippen molar-refractivity contribution in [3.8, 4) is 5.75 Å². The van der Waals surface area contributed by atoms with E-state index in [9.17, 15) is 19.5 Å². The molecule has 0 spiro atoms. The molecule has 0 bridgehead atoms. The average Bonchev–Trinajstić information content (AvgIpc) is 3.97. The van der Waals surface area contributed by atoms with E-state index in [4.69, 9.17) is 17.0 Å². The maximum absolute atomic E-state index is 13.8. The van der Waals surface area contributed by atoms with Crippen molar-refractivity contribution in [3.05, 3.63) is 134 Å². The Morgan fingerprint density at radius 3 is 2.34 bits per heavy atom. The van der Waals surface area contributed by atoms with Crippen LogP contribution in [0.3, 0.4) is 0 Å². The van der Waals surface area contributed by atoms with E-state index in [-0.39, 0.29) is 42.5 Å². The number of allylic oxidation sites excluding steroid dienone is 3. The smallest absolute Gasteiger partial charge is 0.303 e. The number of nitrogens with zero attached hydrogens (tertiary/aromatic N) is 4. The lowest BCUT2D eigenvalue weighted by atomic mass is 9.77. The van der Waals surface area contributed by atoms with Crippen LogP contribution < -0.4 is 19.4 Å². The van der Waals surface area contributed by atoms with Crippen LogP contribution in [-0.4, -0.2) is 77.9 Å². The molecule has 1 aromatic heterocycles. The van der Waals surface area contributed by atoms with Gasteiger partial charge in [0.1, 0.15) is 16.7 Å². The lowest BCUT2D eigenvalue weighted by Gasteiger charge is -2.32. The molecule has 2 unspecified atom stereocenters. The SMILES string of the molecule is CC(C)CCN(CCC(C)C)c1ccc(/C=C2/SC(=S)N(CC(=O)Cc3ccc4c(c3)C(C)(C)C(/C=C/C=C3/N(C)c5ccc(Br)cc5C3(C)CCC(=O)O)N4CCOc3ccccc3)C2=O)s1. The summed E-state index contributed by atoms with van der Waals surface area (Å²) in [6.07, 6.45) is 11.3. The topological polar surface area (TPSA) is 93.6 Å². The summed E-state index contributed by atoms with van der Waals surface area (Å²) >= 11 is 12.3. The van der Waals surface area contributed by atoms with Gasteiger partial charge in [-0.2, -0.15) is 0 Å². The number of thiophene rings is 1. The zero-order valence-corrected chi connectivity index (χ0v) is 44.6. The van der Waals surface area contributed by atoms with Gasteiger partial charge in [-0.25, -0.2) is 0 Å². The van der Waals surface area contributed by atoms with Gasteiger partial charge in [0.05, 0.1) is 29.0 Å². The van der Waals surface area contributed by atoms with Gasteiger partial charge in [-0.3, -0.25) is 19.3 Å². The third-order valence-corrected chi connectivity index (χ3v) is 16.4. The molecule has 4 aromatic rings. The van der Waals surface area contributed by atoms with Crippen LogP contribution >= 0.6 is 51.2 Å². The Balaban J connectivity index is 1.08. The van der Waals surface area contributed by atoms with Crippen molar-refractivity contribution in [1.29, 1.82) is 0 Å². The fraction of sp³-hybridized carbons (Fsp3) is 0.418. The standard InChI is InChI=1S/C55H65BrN4O5S3/c1-36(2)24-27-58(28-25-37(3)4)50-22-19-42(67-50)34-47-52(64)60(53(66)68-47)35-40(61)31-38-17-20-46-43(32-38)54(5,6)48(59(46)29-30-65-41-13-10-9-11-14-41)15-12-16-49-55(7,26-23-51(62)63)44-33-39(56)18-21-45(44)57(49)8/h9-22,32-34,36-37,48H,23-31,35H2,1-8H3,(H,62,63)/b15-12+,47-34+,49-16+. The number of halogens is 1. The number of carbonyl (C=O) groups excluding carboxylic acids is 2. The van der Waals surface area contributed by atoms with Crippen LogP contribution in [0.2, 0.25) is 0 Å². The summed E-state index contributed by atoms with van der Waals surface area (Å²) < 4.78 is 7.58. The largest absolute Gasteiger partial charge is 0.492 e. The highest BCUT2D eigenvalue weighted by atomic mass is 79.9. The van der Waals surface area contributed by atoms with E-state index in [2.05, 4.69) is 134 Å². The zero-order chi connectivity index (χ0) is 48.9. The van der Waals surface area contributed by atoms with E-state index < -0.39 is 11.4 Å². The highest BCUT2D eigenvalue weighted by molar-refractivity contribution is 9.10. The third kappa shape index (κ3) is 11.7. The Labute approximate surface area is 425 Å². The number of Topliss-reactive ketones (excluding diaryl/α,β-unsaturated/α-hetero) is 1. The molecule has 1 fully saturated rings. The summed E-state index contributed by atoms with van der Waals surface area (Å²) in [5.74, 6) is 0.910. The number of carbonyl (C=O) groups is 3. The number of ether oxygens (including phenoxy) is 1. The van der Waals surface area contributed by atoms with Crippen LogP contribution in [-0.2, 0) is 31.6 Å². The number of hydrogen-bond acceptors (Lipinski definition) is 10. The molecule has 1 amide bonds. The molecular formula is C55H65BrN4O5S3. The van der Waals surface area contributed by atoms with E-state index >= 15 is 0 Å². The fourth-order valence-electron chi connectivity index (χ4n) is 9.56. The fourth-order valence-corrected chi connectivity index (χ4v) is 12.2. The molecule has 0 aliphatic carbocycles. The summed E-state index contributed by atoms with van der Waals surface area (Å²) in [6, 6.07) is 26.5. The van der Waals surface area contributed by atoms with Crippen molar-refractivity contribution in [2.45, 2.75) is 97.4 Å². The first-order chi connectivity index (χ1) is 32.3. The molecule has 0 radical (unpaired) electrons. The van der Waals surface area contributed by atoms with Gasteiger partial charge < -0.3 is 24.5 Å². The predicted octanol–water partition coefficient (Wildman–Crippen LogP) is 12.7. The van der Waals surface area contributed by atoms with Gasteiger partial charge in [-0.15, -0.1) is 11.3 Å². The second-order valence-corrected chi connectivity index (χ2v) is 23.5. The highest BCUT2D eigenvalue weighted by Crippen LogP contribution is 2.51. The van der Waals surface area contributed by atoms with Gasteiger partial charge >= 0.3 is 5.97 Å². The van der Waals surface area contributed by atoms with E-state index in [1.165, 1.54) is 21.7 Å². The second-order valence-electron chi connectivity index (χ2n) is 19.8. The highest BCUT2D eigenvalue weighted by Gasteiger charge is 2.45. The summed E-state index contributed by atoms with van der Waals surface area (Å²) in [5.41, 5.74) is 5.40. The second kappa shape index (κ2) is 21.9. The molecule has 13 heteroatoms. The first-order valence-electron chi connectivity index (χ1n) is 23.7. The maximum Gasteiger partial charge on any atom is 0.303 e. The minimum Gasteiger partial charge on any atom is -0.492 e. The lowest BCUT2D eigenvalue weighted by Crippen LogP contribution is -2.41. The Morgan fingerprint density at radius 2 is 1.65 bits per heavy atom. The Bertz CT molecular complexity index is 2590.